The minimum absolute atomic E-state index is 0. The summed E-state index contributed by atoms with van der Waals surface area (Å²) in [6, 6.07) is 0. The molecule has 0 radical (unpaired) electrons. The molecule has 1 aliphatic heterocycles. The zero-order valence-corrected chi connectivity index (χ0v) is 17.5. The molecule has 2 aliphatic rings. The first-order valence-electron chi connectivity index (χ1n) is 8.94. The van der Waals surface area contributed by atoms with Crippen molar-refractivity contribution >= 4 is 42.3 Å². The molecule has 0 aromatic carbocycles. The van der Waals surface area contributed by atoms with Gasteiger partial charge in [-0.25, -0.2) is 0 Å². The summed E-state index contributed by atoms with van der Waals surface area (Å²) in [5.74, 6) is 0.114. The monoisotopic (exact) mass is 420 g/mol. The normalized spacial score (nSPS) is 19.7. The Kier molecular flexibility index (Phi) is 9.01. The molecule has 3 rings (SSSR count). The molecule has 10 heteroatoms. The van der Waals surface area contributed by atoms with Crippen molar-refractivity contribution in [3.63, 3.8) is 0 Å². The number of amides is 2. The summed E-state index contributed by atoms with van der Waals surface area (Å²) in [5.41, 5.74) is 0.875. The van der Waals surface area contributed by atoms with E-state index in [0.717, 1.165) is 38.9 Å². The lowest BCUT2D eigenvalue weighted by molar-refractivity contribution is -0.122. The highest BCUT2D eigenvalue weighted by atomic mass is 35.5. The van der Waals surface area contributed by atoms with Gasteiger partial charge in [-0.3, -0.25) is 14.3 Å². The minimum atomic E-state index is -0.0846. The highest BCUT2D eigenvalue weighted by Crippen LogP contribution is 2.58. The molecular weight excluding hydrogens is 391 g/mol. The van der Waals surface area contributed by atoms with Gasteiger partial charge in [-0.1, -0.05) is 0 Å². The number of piperidine rings is 1. The van der Waals surface area contributed by atoms with Crippen LogP contribution in [0.3, 0.4) is 0 Å². The Labute approximate surface area is 172 Å². The van der Waals surface area contributed by atoms with Crippen LogP contribution in [-0.4, -0.2) is 66.8 Å². The summed E-state index contributed by atoms with van der Waals surface area (Å²) in [7, 11) is 3.92. The average Bonchev–Trinajstić information content (AvgIpc) is 3.07. The Morgan fingerprint density at radius 2 is 2.04 bits per heavy atom. The maximum absolute atomic E-state index is 12.4. The van der Waals surface area contributed by atoms with Crippen LogP contribution in [0.1, 0.15) is 19.3 Å². The predicted octanol–water partition coefficient (Wildman–Crippen LogP) is 0.733. The number of carbonyl (C=O) groups is 2. The second kappa shape index (κ2) is 10.3. The van der Waals surface area contributed by atoms with Crippen LogP contribution in [-0.2, 0) is 16.1 Å². The van der Waals surface area contributed by atoms with Gasteiger partial charge in [-0.05, 0) is 51.9 Å². The van der Waals surface area contributed by atoms with Gasteiger partial charge in [0.05, 0.1) is 11.9 Å². The molecule has 27 heavy (non-hydrogen) atoms. The van der Waals surface area contributed by atoms with Crippen molar-refractivity contribution in [3.8, 4) is 0 Å². The van der Waals surface area contributed by atoms with E-state index in [0.29, 0.717) is 12.2 Å². The standard InChI is InChI=1S/C17H28N6O2.2ClH/c1-22(2)8-7-19-15(24)12-23-11-13(10-20-23)21-16(25)14-9-17(14)3-5-18-6-4-17;;/h10-11,14,18H,3-9,12H2,1-2H3,(H,19,24)(H,21,25);2*1H. The van der Waals surface area contributed by atoms with Crippen LogP contribution in [0, 0.1) is 11.3 Å². The lowest BCUT2D eigenvalue weighted by Crippen LogP contribution is -2.33. The van der Waals surface area contributed by atoms with E-state index in [4.69, 9.17) is 0 Å². The summed E-state index contributed by atoms with van der Waals surface area (Å²) in [4.78, 5) is 26.3. The number of halogens is 2. The number of anilines is 1. The molecule has 1 aliphatic carbocycles. The molecular formula is C17H30Cl2N6O2. The molecule has 2 heterocycles. The lowest BCUT2D eigenvalue weighted by atomic mass is 9.92. The van der Waals surface area contributed by atoms with Gasteiger partial charge in [0.25, 0.3) is 0 Å². The molecule has 1 spiro atoms. The third-order valence-corrected chi connectivity index (χ3v) is 5.19. The van der Waals surface area contributed by atoms with Crippen LogP contribution in [0.4, 0.5) is 5.69 Å². The smallest absolute Gasteiger partial charge is 0.241 e. The Morgan fingerprint density at radius 3 is 2.70 bits per heavy atom. The van der Waals surface area contributed by atoms with Crippen LogP contribution in [0.2, 0.25) is 0 Å². The molecule has 1 saturated heterocycles. The van der Waals surface area contributed by atoms with Crippen molar-refractivity contribution < 1.29 is 9.59 Å². The number of hydrogen-bond acceptors (Lipinski definition) is 5. The van der Waals surface area contributed by atoms with E-state index in [1.165, 1.54) is 0 Å². The highest BCUT2D eigenvalue weighted by molar-refractivity contribution is 5.95. The van der Waals surface area contributed by atoms with Gasteiger partial charge in [0.2, 0.25) is 11.8 Å². The Hall–Kier alpha value is -1.35. The molecule has 1 aromatic rings. The number of carbonyl (C=O) groups excluding carboxylic acids is 2. The topological polar surface area (TPSA) is 91.3 Å². The Morgan fingerprint density at radius 1 is 1.33 bits per heavy atom. The molecule has 1 saturated carbocycles. The fraction of sp³-hybridized carbons (Fsp3) is 0.706. The molecule has 8 nitrogen and oxygen atoms in total. The third-order valence-electron chi connectivity index (χ3n) is 5.19. The SMILES string of the molecule is CN(C)CCNC(=O)Cn1cc(NC(=O)C2CC23CCNCC3)cn1.Cl.Cl. The lowest BCUT2D eigenvalue weighted by Gasteiger charge is -2.23. The van der Waals surface area contributed by atoms with Crippen LogP contribution in [0.15, 0.2) is 12.4 Å². The van der Waals surface area contributed by atoms with E-state index >= 15 is 0 Å². The second-order valence-corrected chi connectivity index (χ2v) is 7.44. The molecule has 2 amide bonds. The van der Waals surface area contributed by atoms with Crippen molar-refractivity contribution in [1.82, 2.24) is 25.3 Å². The summed E-state index contributed by atoms with van der Waals surface area (Å²) in [5, 5.41) is 13.3. The van der Waals surface area contributed by atoms with Gasteiger partial charge in [0.15, 0.2) is 0 Å². The Balaban J connectivity index is 0.00000182. The van der Waals surface area contributed by atoms with Gasteiger partial charge in [0.1, 0.15) is 6.54 Å². The van der Waals surface area contributed by atoms with Gasteiger partial charge in [-0.2, -0.15) is 5.10 Å². The van der Waals surface area contributed by atoms with E-state index in [1.54, 1.807) is 17.1 Å². The third kappa shape index (κ3) is 6.34. The van der Waals surface area contributed by atoms with Crippen molar-refractivity contribution in [3.05, 3.63) is 12.4 Å². The molecule has 2 fully saturated rings. The zero-order chi connectivity index (χ0) is 17.9. The summed E-state index contributed by atoms with van der Waals surface area (Å²) in [6.45, 7) is 3.57. The maximum atomic E-state index is 12.4. The van der Waals surface area contributed by atoms with Crippen LogP contribution < -0.4 is 16.0 Å². The number of rotatable bonds is 7. The number of aromatic nitrogens is 2. The molecule has 1 unspecified atom stereocenters. The first-order valence-corrected chi connectivity index (χ1v) is 8.94. The van der Waals surface area contributed by atoms with Gasteiger partial charge < -0.3 is 20.9 Å². The van der Waals surface area contributed by atoms with E-state index in [1.807, 2.05) is 19.0 Å². The molecule has 1 atom stereocenters. The maximum Gasteiger partial charge on any atom is 0.241 e. The van der Waals surface area contributed by atoms with Crippen molar-refractivity contribution in [2.45, 2.75) is 25.8 Å². The van der Waals surface area contributed by atoms with Gasteiger partial charge in [0, 0.05) is 25.2 Å². The van der Waals surface area contributed by atoms with Gasteiger partial charge >= 0.3 is 0 Å². The highest BCUT2D eigenvalue weighted by Gasteiger charge is 2.57. The van der Waals surface area contributed by atoms with Gasteiger partial charge in [-0.15, -0.1) is 24.8 Å². The number of hydrogen-bond donors (Lipinski definition) is 3. The predicted molar refractivity (Wildman–Crippen MR) is 110 cm³/mol. The number of nitrogens with one attached hydrogen (secondary N) is 3. The molecule has 154 valence electrons. The summed E-state index contributed by atoms with van der Waals surface area (Å²) < 4.78 is 1.55. The number of nitrogens with zero attached hydrogens (tertiary/aromatic N) is 3. The van der Waals surface area contributed by atoms with Crippen molar-refractivity contribution in [1.29, 1.82) is 0 Å². The van der Waals surface area contributed by atoms with E-state index in [9.17, 15) is 9.59 Å². The van der Waals surface area contributed by atoms with Crippen LogP contribution in [0.25, 0.3) is 0 Å². The summed E-state index contributed by atoms with van der Waals surface area (Å²) in [6.07, 6.45) is 6.46. The molecule has 1 aromatic heterocycles. The van der Waals surface area contributed by atoms with Crippen LogP contribution >= 0.6 is 24.8 Å². The average molecular weight is 421 g/mol. The van der Waals surface area contributed by atoms with E-state index in [-0.39, 0.29) is 54.5 Å². The van der Waals surface area contributed by atoms with Crippen molar-refractivity contribution in [2.24, 2.45) is 11.3 Å². The van der Waals surface area contributed by atoms with E-state index < -0.39 is 0 Å². The first-order chi connectivity index (χ1) is 12.0. The fourth-order valence-electron chi connectivity index (χ4n) is 3.56. The van der Waals surface area contributed by atoms with Crippen LogP contribution in [0.5, 0.6) is 0 Å². The first kappa shape index (κ1) is 23.7. The fourth-order valence-corrected chi connectivity index (χ4v) is 3.56. The number of likely N-dealkylation sites (N-methyl/N-ethyl adjacent to an activating group) is 1. The Bertz CT molecular complexity index is 631. The van der Waals surface area contributed by atoms with Crippen molar-refractivity contribution in [2.75, 3.05) is 45.6 Å². The molecule has 3 N–H and O–H groups in total. The summed E-state index contributed by atoms with van der Waals surface area (Å²) >= 11 is 0. The minimum Gasteiger partial charge on any atom is -0.353 e. The quantitative estimate of drug-likeness (QED) is 0.604. The zero-order valence-electron chi connectivity index (χ0n) is 15.9. The largest absolute Gasteiger partial charge is 0.353 e. The molecule has 0 bridgehead atoms. The van der Waals surface area contributed by atoms with E-state index in [2.05, 4.69) is 21.0 Å². The second-order valence-electron chi connectivity index (χ2n) is 7.44.